The molecule has 0 radical (unpaired) electrons. The molecule has 0 bridgehead atoms. The van der Waals surface area contributed by atoms with Gasteiger partial charge in [-0.3, -0.25) is 4.79 Å². The lowest BCUT2D eigenvalue weighted by Crippen LogP contribution is -2.35. The number of para-hydroxylation sites is 1. The Morgan fingerprint density at radius 3 is 2.70 bits per heavy atom. The molecule has 0 spiro atoms. The number of benzene rings is 1. The lowest BCUT2D eigenvalue weighted by Gasteiger charge is -2.27. The van der Waals surface area contributed by atoms with E-state index < -0.39 is 17.6 Å². The van der Waals surface area contributed by atoms with Gasteiger partial charge in [-0.05, 0) is 62.8 Å². The van der Waals surface area contributed by atoms with Gasteiger partial charge in [0.25, 0.3) is 0 Å². The molecule has 0 aromatic heterocycles. The molecule has 148 valence electrons. The summed E-state index contributed by atoms with van der Waals surface area (Å²) in [7, 11) is 0. The molecular weight excluding hydrogens is 344 g/mol. The molecule has 0 amide bonds. The van der Waals surface area contributed by atoms with E-state index in [0.717, 1.165) is 18.6 Å². The summed E-state index contributed by atoms with van der Waals surface area (Å²) >= 11 is 0. The molecule has 0 saturated heterocycles. The molecule has 0 saturated carbocycles. The van der Waals surface area contributed by atoms with E-state index >= 15 is 0 Å². The van der Waals surface area contributed by atoms with Crippen LogP contribution in [0.25, 0.3) is 0 Å². The average Bonchev–Trinajstić information content (AvgIpc) is 2.95. The molecule has 1 aromatic rings. The number of rotatable bonds is 12. The Kier molecular flexibility index (Phi) is 8.72. The zero-order valence-corrected chi connectivity index (χ0v) is 15.7. The van der Waals surface area contributed by atoms with E-state index in [1.54, 1.807) is 18.2 Å². The Bertz CT molecular complexity index is 625. The van der Waals surface area contributed by atoms with Gasteiger partial charge in [-0.1, -0.05) is 30.4 Å². The molecule has 1 aromatic carbocycles. The molecule has 3 N–H and O–H groups in total. The van der Waals surface area contributed by atoms with E-state index in [9.17, 15) is 15.0 Å². The highest BCUT2D eigenvalue weighted by Gasteiger charge is 2.41. The summed E-state index contributed by atoms with van der Waals surface area (Å²) in [4.78, 5) is 12.1. The number of aliphatic hydroxyl groups is 3. The second-order valence-corrected chi connectivity index (χ2v) is 7.00. The monoisotopic (exact) mass is 374 g/mol. The summed E-state index contributed by atoms with van der Waals surface area (Å²) < 4.78 is 5.65. The minimum atomic E-state index is -1.13. The van der Waals surface area contributed by atoms with Crippen molar-refractivity contribution in [3.05, 3.63) is 54.6 Å². The molecule has 1 aliphatic carbocycles. The van der Waals surface area contributed by atoms with Crippen LogP contribution in [0.3, 0.4) is 0 Å². The fourth-order valence-corrected chi connectivity index (χ4v) is 3.27. The van der Waals surface area contributed by atoms with E-state index in [4.69, 9.17) is 9.84 Å². The lowest BCUT2D eigenvalue weighted by atomic mass is 9.83. The van der Waals surface area contributed by atoms with Crippen molar-refractivity contribution in [1.29, 1.82) is 0 Å². The van der Waals surface area contributed by atoms with Crippen LogP contribution < -0.4 is 4.74 Å². The summed E-state index contributed by atoms with van der Waals surface area (Å²) in [5.74, 6) is 0.247. The van der Waals surface area contributed by atoms with Gasteiger partial charge in [0, 0.05) is 6.61 Å². The predicted molar refractivity (Wildman–Crippen MR) is 104 cm³/mol. The second kappa shape index (κ2) is 11.0. The molecule has 5 heteroatoms. The molecule has 3 unspecified atom stereocenters. The van der Waals surface area contributed by atoms with Crippen molar-refractivity contribution in [3.63, 3.8) is 0 Å². The third-order valence-electron chi connectivity index (χ3n) is 4.85. The lowest BCUT2D eigenvalue weighted by molar-refractivity contribution is -0.122. The number of hydrogen-bond donors (Lipinski definition) is 3. The largest absolute Gasteiger partial charge is 0.494 e. The maximum absolute atomic E-state index is 12.1. The maximum atomic E-state index is 12.1. The molecule has 27 heavy (non-hydrogen) atoms. The van der Waals surface area contributed by atoms with Gasteiger partial charge in [0.05, 0.1) is 24.2 Å². The first-order chi connectivity index (χ1) is 13.0. The van der Waals surface area contributed by atoms with Gasteiger partial charge < -0.3 is 20.1 Å². The zero-order valence-electron chi connectivity index (χ0n) is 15.7. The molecule has 0 fully saturated rings. The zero-order chi connectivity index (χ0) is 19.5. The van der Waals surface area contributed by atoms with Crippen LogP contribution >= 0.6 is 0 Å². The molecular formula is C22H30O5. The number of unbranched alkanes of at least 4 members (excludes halogenated alkanes) is 1. The standard InChI is InChI=1S/C22H30O5/c23-16-7-9-18(24)8-6-12-20-21(25)13-15-22(20,26)14-4-5-17-27-19-10-2-1-3-11-19/h1-3,6,8,10-11,13,15,18,20,23-24,26H,4-5,7,9,12,14,16-17H2/b8-6+. The van der Waals surface area contributed by atoms with Gasteiger partial charge in [0.1, 0.15) is 5.75 Å². The number of carbonyl (C=O) groups is 1. The van der Waals surface area contributed by atoms with Gasteiger partial charge in [0.2, 0.25) is 0 Å². The van der Waals surface area contributed by atoms with Crippen molar-refractivity contribution in [2.75, 3.05) is 13.2 Å². The number of ether oxygens (including phenoxy) is 1. The average molecular weight is 374 g/mol. The third kappa shape index (κ3) is 6.94. The summed E-state index contributed by atoms with van der Waals surface area (Å²) in [6, 6.07) is 9.59. The van der Waals surface area contributed by atoms with Gasteiger partial charge >= 0.3 is 0 Å². The van der Waals surface area contributed by atoms with Crippen LogP contribution in [0.2, 0.25) is 0 Å². The first-order valence-corrected chi connectivity index (χ1v) is 9.64. The van der Waals surface area contributed by atoms with Gasteiger partial charge in [-0.15, -0.1) is 0 Å². The van der Waals surface area contributed by atoms with Crippen molar-refractivity contribution in [1.82, 2.24) is 0 Å². The van der Waals surface area contributed by atoms with Crippen molar-refractivity contribution >= 4 is 5.78 Å². The summed E-state index contributed by atoms with van der Waals surface area (Å²) in [5, 5.41) is 29.4. The smallest absolute Gasteiger partial charge is 0.162 e. The summed E-state index contributed by atoms with van der Waals surface area (Å²) in [6.45, 7) is 0.614. The first-order valence-electron chi connectivity index (χ1n) is 9.64. The molecule has 1 aliphatic rings. The van der Waals surface area contributed by atoms with E-state index in [1.807, 2.05) is 30.3 Å². The molecule has 2 rings (SSSR count). The van der Waals surface area contributed by atoms with E-state index in [0.29, 0.717) is 32.3 Å². The number of carbonyl (C=O) groups excluding carboxylic acids is 1. The number of ketones is 1. The fraction of sp³-hybridized carbons (Fsp3) is 0.500. The summed E-state index contributed by atoms with van der Waals surface area (Å²) in [6.07, 6.45) is 9.26. The predicted octanol–water partition coefficient (Wildman–Crippen LogP) is 2.80. The molecule has 3 atom stereocenters. The number of allylic oxidation sites excluding steroid dienone is 2. The van der Waals surface area contributed by atoms with Gasteiger partial charge in [-0.25, -0.2) is 0 Å². The highest BCUT2D eigenvalue weighted by molar-refractivity contribution is 5.96. The minimum absolute atomic E-state index is 0.0453. The first kappa shape index (κ1) is 21.4. The Morgan fingerprint density at radius 1 is 1.19 bits per heavy atom. The fourth-order valence-electron chi connectivity index (χ4n) is 3.27. The van der Waals surface area contributed by atoms with Crippen LogP contribution in [0.5, 0.6) is 5.75 Å². The number of aliphatic hydroxyl groups excluding tert-OH is 2. The van der Waals surface area contributed by atoms with E-state index in [-0.39, 0.29) is 12.4 Å². The van der Waals surface area contributed by atoms with Gasteiger partial charge in [0.15, 0.2) is 5.78 Å². The van der Waals surface area contributed by atoms with Crippen LogP contribution in [0, 0.1) is 5.92 Å². The van der Waals surface area contributed by atoms with Crippen molar-refractivity contribution < 1.29 is 24.9 Å². The maximum Gasteiger partial charge on any atom is 0.162 e. The minimum Gasteiger partial charge on any atom is -0.494 e. The SMILES string of the molecule is O=C1C=CC(O)(CCCCOc2ccccc2)C1C/C=C/C(O)CCCO. The highest BCUT2D eigenvalue weighted by Crippen LogP contribution is 2.34. The quantitative estimate of drug-likeness (QED) is 0.387. The Morgan fingerprint density at radius 2 is 1.96 bits per heavy atom. The second-order valence-electron chi connectivity index (χ2n) is 7.00. The van der Waals surface area contributed by atoms with Crippen LogP contribution in [-0.4, -0.2) is 46.0 Å². The van der Waals surface area contributed by atoms with Crippen LogP contribution in [0.15, 0.2) is 54.6 Å². The topological polar surface area (TPSA) is 87.0 Å². The Hall–Kier alpha value is -1.95. The third-order valence-corrected chi connectivity index (χ3v) is 4.85. The van der Waals surface area contributed by atoms with Crippen LogP contribution in [0.1, 0.15) is 38.5 Å². The van der Waals surface area contributed by atoms with E-state index in [2.05, 4.69) is 0 Å². The van der Waals surface area contributed by atoms with Crippen molar-refractivity contribution in [2.45, 2.75) is 50.2 Å². The Labute approximate surface area is 161 Å². The van der Waals surface area contributed by atoms with Crippen molar-refractivity contribution in [2.24, 2.45) is 5.92 Å². The Balaban J connectivity index is 1.75. The van der Waals surface area contributed by atoms with Crippen LogP contribution in [0.4, 0.5) is 0 Å². The van der Waals surface area contributed by atoms with Gasteiger partial charge in [-0.2, -0.15) is 0 Å². The van der Waals surface area contributed by atoms with Crippen LogP contribution in [-0.2, 0) is 4.79 Å². The van der Waals surface area contributed by atoms with Crippen molar-refractivity contribution in [3.8, 4) is 5.75 Å². The van der Waals surface area contributed by atoms with E-state index in [1.165, 1.54) is 6.08 Å². The summed E-state index contributed by atoms with van der Waals surface area (Å²) in [5.41, 5.74) is -1.13. The molecule has 5 nitrogen and oxygen atoms in total. The highest BCUT2D eigenvalue weighted by atomic mass is 16.5. The molecule has 0 aliphatic heterocycles. The number of hydrogen-bond acceptors (Lipinski definition) is 5. The molecule has 0 heterocycles. The normalized spacial score (nSPS) is 23.2.